The molecule has 0 heterocycles. The molecule has 0 aromatic heterocycles. The molecule has 2 rings (SSSR count). The Labute approximate surface area is 154 Å². The first-order valence-corrected chi connectivity index (χ1v) is 11.1. The minimum atomic E-state index is -3.79. The summed E-state index contributed by atoms with van der Waals surface area (Å²) in [5, 5.41) is 0.0765. The van der Waals surface area contributed by atoms with Gasteiger partial charge in [-0.25, -0.2) is 16.8 Å². The van der Waals surface area contributed by atoms with Gasteiger partial charge in [0, 0.05) is 4.47 Å². The van der Waals surface area contributed by atoms with Gasteiger partial charge in [-0.15, -0.1) is 0 Å². The van der Waals surface area contributed by atoms with Crippen LogP contribution in [-0.4, -0.2) is 23.1 Å². The number of halogens is 2. The fraction of sp³-hybridized carbons (Fsp3) is 0.143. The summed E-state index contributed by atoms with van der Waals surface area (Å²) in [5.41, 5.74) is 1.17. The van der Waals surface area contributed by atoms with Crippen LogP contribution >= 0.6 is 27.5 Å². The van der Waals surface area contributed by atoms with Crippen LogP contribution < -0.4 is 9.44 Å². The standard InChI is InChI=1S/C14H14BrClN2O4S2/c1-9-7-11(4-5-12(9)15)24(21,22)17-10-3-6-14(13(16)8-10)18-23(2,19)20/h3-8,17-18H,1-2H3. The highest BCUT2D eigenvalue weighted by Gasteiger charge is 2.16. The normalized spacial score (nSPS) is 12.0. The maximum Gasteiger partial charge on any atom is 0.261 e. The first kappa shape index (κ1) is 19.0. The molecule has 0 saturated carbocycles. The highest BCUT2D eigenvalue weighted by atomic mass is 79.9. The van der Waals surface area contributed by atoms with Gasteiger partial charge in [0.2, 0.25) is 10.0 Å². The molecule has 2 N–H and O–H groups in total. The van der Waals surface area contributed by atoms with Crippen LogP contribution in [0.3, 0.4) is 0 Å². The van der Waals surface area contributed by atoms with Gasteiger partial charge in [0.1, 0.15) is 0 Å². The topological polar surface area (TPSA) is 92.3 Å². The van der Waals surface area contributed by atoms with Crippen LogP contribution in [-0.2, 0) is 20.0 Å². The number of rotatable bonds is 5. The fourth-order valence-corrected chi connectivity index (χ4v) is 4.10. The predicted molar refractivity (Wildman–Crippen MR) is 99.6 cm³/mol. The van der Waals surface area contributed by atoms with Gasteiger partial charge in [-0.2, -0.15) is 0 Å². The van der Waals surface area contributed by atoms with Gasteiger partial charge in [0.05, 0.1) is 27.5 Å². The molecule has 0 radical (unpaired) electrons. The van der Waals surface area contributed by atoms with E-state index in [1.54, 1.807) is 13.0 Å². The van der Waals surface area contributed by atoms with Crippen LogP contribution in [0.25, 0.3) is 0 Å². The second kappa shape index (κ2) is 6.91. The lowest BCUT2D eigenvalue weighted by molar-refractivity contribution is 0.600. The number of hydrogen-bond donors (Lipinski definition) is 2. The summed E-state index contributed by atoms with van der Waals surface area (Å²) in [7, 11) is -7.26. The molecule has 24 heavy (non-hydrogen) atoms. The van der Waals surface area contributed by atoms with Crippen molar-refractivity contribution in [3.05, 3.63) is 51.5 Å². The van der Waals surface area contributed by atoms with Crippen molar-refractivity contribution in [1.82, 2.24) is 0 Å². The molecule has 0 amide bonds. The van der Waals surface area contributed by atoms with Gasteiger partial charge >= 0.3 is 0 Å². The van der Waals surface area contributed by atoms with Crippen molar-refractivity contribution < 1.29 is 16.8 Å². The Hall–Kier alpha value is -1.29. The van der Waals surface area contributed by atoms with E-state index in [4.69, 9.17) is 11.6 Å². The largest absolute Gasteiger partial charge is 0.282 e. The lowest BCUT2D eigenvalue weighted by Gasteiger charge is -2.12. The summed E-state index contributed by atoms with van der Waals surface area (Å²) in [6, 6.07) is 8.79. The molecule has 0 atom stereocenters. The third-order valence-electron chi connectivity index (χ3n) is 2.96. The van der Waals surface area contributed by atoms with E-state index in [9.17, 15) is 16.8 Å². The molecule has 0 aliphatic heterocycles. The molecule has 0 aliphatic carbocycles. The van der Waals surface area contributed by atoms with Crippen LogP contribution in [0.1, 0.15) is 5.56 Å². The molecule has 10 heteroatoms. The van der Waals surface area contributed by atoms with Crippen LogP contribution in [0.4, 0.5) is 11.4 Å². The highest BCUT2D eigenvalue weighted by Crippen LogP contribution is 2.28. The quantitative estimate of drug-likeness (QED) is 0.724. The van der Waals surface area contributed by atoms with Crippen molar-refractivity contribution in [2.45, 2.75) is 11.8 Å². The molecule has 0 saturated heterocycles. The average Bonchev–Trinajstić information content (AvgIpc) is 2.43. The van der Waals surface area contributed by atoms with Crippen LogP contribution in [0.5, 0.6) is 0 Å². The Morgan fingerprint density at radius 2 is 1.67 bits per heavy atom. The van der Waals surface area contributed by atoms with E-state index in [0.29, 0.717) is 0 Å². The Kier molecular flexibility index (Phi) is 5.48. The molecule has 0 fully saturated rings. The van der Waals surface area contributed by atoms with E-state index < -0.39 is 20.0 Å². The Bertz CT molecular complexity index is 992. The Morgan fingerprint density at radius 1 is 1.00 bits per heavy atom. The molecule has 130 valence electrons. The van der Waals surface area contributed by atoms with Crippen LogP contribution in [0, 0.1) is 6.92 Å². The minimum Gasteiger partial charge on any atom is -0.282 e. The van der Waals surface area contributed by atoms with Gasteiger partial charge in [-0.1, -0.05) is 27.5 Å². The lowest BCUT2D eigenvalue weighted by atomic mass is 10.2. The third kappa shape index (κ3) is 4.85. The number of benzene rings is 2. The van der Waals surface area contributed by atoms with Gasteiger partial charge in [0.25, 0.3) is 10.0 Å². The SMILES string of the molecule is Cc1cc(S(=O)(=O)Nc2ccc(NS(C)(=O)=O)c(Cl)c2)ccc1Br. The zero-order valence-corrected chi connectivity index (χ0v) is 16.6. The number of aryl methyl sites for hydroxylation is 1. The summed E-state index contributed by atoms with van der Waals surface area (Å²) < 4.78 is 52.7. The monoisotopic (exact) mass is 452 g/mol. The second-order valence-electron chi connectivity index (χ2n) is 5.09. The van der Waals surface area contributed by atoms with Gasteiger partial charge in [-0.3, -0.25) is 9.44 Å². The maximum atomic E-state index is 12.4. The van der Waals surface area contributed by atoms with Crippen molar-refractivity contribution in [3.8, 4) is 0 Å². The zero-order valence-electron chi connectivity index (χ0n) is 12.7. The third-order valence-corrected chi connectivity index (χ3v) is 6.13. The maximum absolute atomic E-state index is 12.4. The van der Waals surface area contributed by atoms with E-state index in [0.717, 1.165) is 16.3 Å². The zero-order chi connectivity index (χ0) is 18.1. The molecule has 0 spiro atoms. The van der Waals surface area contributed by atoms with Gasteiger partial charge in [0.15, 0.2) is 0 Å². The average molecular weight is 454 g/mol. The Balaban J connectivity index is 2.30. The molecular formula is C14H14BrClN2O4S2. The minimum absolute atomic E-state index is 0.0765. The van der Waals surface area contributed by atoms with Crippen molar-refractivity contribution in [2.24, 2.45) is 0 Å². The first-order valence-electron chi connectivity index (χ1n) is 6.54. The second-order valence-corrected chi connectivity index (χ2v) is 9.78. The molecular weight excluding hydrogens is 440 g/mol. The molecule has 0 bridgehead atoms. The number of hydrogen-bond acceptors (Lipinski definition) is 4. The van der Waals surface area contributed by atoms with Crippen molar-refractivity contribution in [3.63, 3.8) is 0 Å². The van der Waals surface area contributed by atoms with E-state index in [-0.39, 0.29) is 21.3 Å². The van der Waals surface area contributed by atoms with Gasteiger partial charge in [-0.05, 0) is 48.9 Å². The Morgan fingerprint density at radius 3 is 2.21 bits per heavy atom. The molecule has 2 aromatic rings. The van der Waals surface area contributed by atoms with Crippen molar-refractivity contribution in [1.29, 1.82) is 0 Å². The van der Waals surface area contributed by atoms with E-state index in [1.165, 1.54) is 30.3 Å². The molecule has 0 aliphatic rings. The summed E-state index contributed by atoms with van der Waals surface area (Å²) in [5.74, 6) is 0. The van der Waals surface area contributed by atoms with Crippen LogP contribution in [0.2, 0.25) is 5.02 Å². The molecule has 0 unspecified atom stereocenters. The van der Waals surface area contributed by atoms with Crippen molar-refractivity contribution >= 4 is 59.0 Å². The smallest absolute Gasteiger partial charge is 0.261 e. The summed E-state index contributed by atoms with van der Waals surface area (Å²) in [6.45, 7) is 1.78. The number of nitrogens with one attached hydrogen (secondary N) is 2. The first-order chi connectivity index (χ1) is 11.0. The predicted octanol–water partition coefficient (Wildman–Crippen LogP) is 3.58. The van der Waals surface area contributed by atoms with Crippen molar-refractivity contribution in [2.75, 3.05) is 15.7 Å². The summed E-state index contributed by atoms with van der Waals surface area (Å²) in [6.07, 6.45) is 0.996. The number of sulfonamides is 2. The van der Waals surface area contributed by atoms with Crippen LogP contribution in [0.15, 0.2) is 45.8 Å². The fourth-order valence-electron chi connectivity index (χ4n) is 1.86. The van der Waals surface area contributed by atoms with Gasteiger partial charge < -0.3 is 0 Å². The van der Waals surface area contributed by atoms with E-state index in [2.05, 4.69) is 25.4 Å². The molecule has 2 aromatic carbocycles. The molecule has 6 nitrogen and oxygen atoms in total. The van der Waals surface area contributed by atoms with E-state index >= 15 is 0 Å². The number of anilines is 2. The highest BCUT2D eigenvalue weighted by molar-refractivity contribution is 9.10. The lowest BCUT2D eigenvalue weighted by Crippen LogP contribution is -2.14. The van der Waals surface area contributed by atoms with E-state index in [1.807, 2.05) is 0 Å². The summed E-state index contributed by atoms with van der Waals surface area (Å²) in [4.78, 5) is 0.109. The summed E-state index contributed by atoms with van der Waals surface area (Å²) >= 11 is 9.30.